The number of nitrogens with one attached hydrogen (secondary N) is 2. The van der Waals surface area contributed by atoms with Crippen LogP contribution in [0, 0.1) is 0 Å². The Morgan fingerprint density at radius 2 is 1.47 bits per heavy atom. The third-order valence-electron chi connectivity index (χ3n) is 5.47. The third-order valence-corrected chi connectivity index (χ3v) is 5.47. The first-order valence-corrected chi connectivity index (χ1v) is 10.2. The fourth-order valence-electron chi connectivity index (χ4n) is 3.80. The number of fused-ring (bicyclic) bond motifs is 1. The van der Waals surface area contributed by atoms with Gasteiger partial charge in [-0.25, -0.2) is 0 Å². The molecule has 0 aliphatic carbocycles. The molecule has 1 aliphatic heterocycles. The van der Waals surface area contributed by atoms with Crippen LogP contribution in [-0.4, -0.2) is 34.9 Å². The van der Waals surface area contributed by atoms with Gasteiger partial charge in [-0.1, -0.05) is 42.8 Å². The minimum Gasteiger partial charge on any atom is -0.507 e. The molecule has 154 valence electrons. The SMILES string of the molecule is O=C(NNC(=O)c1cc2ccccc2cc1O)c1ccc(CN2CCCCC2)cc1. The van der Waals surface area contributed by atoms with Gasteiger partial charge in [0, 0.05) is 12.1 Å². The number of benzene rings is 3. The van der Waals surface area contributed by atoms with E-state index in [1.165, 1.54) is 30.9 Å². The number of carbonyl (C=O) groups excluding carboxylic acids is 2. The second-order valence-corrected chi connectivity index (χ2v) is 7.66. The van der Waals surface area contributed by atoms with Crippen molar-refractivity contribution in [2.75, 3.05) is 13.1 Å². The Bertz CT molecular complexity index is 1060. The van der Waals surface area contributed by atoms with Crippen LogP contribution >= 0.6 is 0 Å². The van der Waals surface area contributed by atoms with Crippen molar-refractivity contribution in [2.45, 2.75) is 25.8 Å². The molecule has 1 saturated heterocycles. The van der Waals surface area contributed by atoms with Crippen LogP contribution in [0.2, 0.25) is 0 Å². The summed E-state index contributed by atoms with van der Waals surface area (Å²) in [4.78, 5) is 27.2. The predicted molar refractivity (Wildman–Crippen MR) is 116 cm³/mol. The van der Waals surface area contributed by atoms with Crippen molar-refractivity contribution in [1.29, 1.82) is 0 Å². The molecule has 6 heteroatoms. The molecular weight excluding hydrogens is 378 g/mol. The highest BCUT2D eigenvalue weighted by Crippen LogP contribution is 2.24. The molecule has 2 amide bonds. The lowest BCUT2D eigenvalue weighted by Crippen LogP contribution is -2.41. The summed E-state index contributed by atoms with van der Waals surface area (Å²) < 4.78 is 0. The fraction of sp³-hybridized carbons (Fsp3) is 0.250. The smallest absolute Gasteiger partial charge is 0.273 e. The number of hydrogen-bond acceptors (Lipinski definition) is 4. The topological polar surface area (TPSA) is 81.7 Å². The molecule has 3 N–H and O–H groups in total. The number of phenolic OH excluding ortho intramolecular Hbond substituents is 1. The van der Waals surface area contributed by atoms with Crippen LogP contribution in [-0.2, 0) is 6.54 Å². The van der Waals surface area contributed by atoms with Crippen LogP contribution in [0.4, 0.5) is 0 Å². The van der Waals surface area contributed by atoms with Crippen molar-refractivity contribution < 1.29 is 14.7 Å². The first kappa shape index (κ1) is 19.9. The van der Waals surface area contributed by atoms with Gasteiger partial charge in [0.1, 0.15) is 5.75 Å². The first-order chi connectivity index (χ1) is 14.6. The van der Waals surface area contributed by atoms with Crippen molar-refractivity contribution in [3.63, 3.8) is 0 Å². The predicted octanol–water partition coefficient (Wildman–Crippen LogP) is 3.61. The highest BCUT2D eigenvalue weighted by Gasteiger charge is 2.15. The summed E-state index contributed by atoms with van der Waals surface area (Å²) in [5.41, 5.74) is 6.52. The maximum atomic E-state index is 12.4. The molecule has 1 heterocycles. The average Bonchev–Trinajstić information content (AvgIpc) is 2.78. The Morgan fingerprint density at radius 1 is 0.833 bits per heavy atom. The van der Waals surface area contributed by atoms with Gasteiger partial charge < -0.3 is 5.11 Å². The maximum Gasteiger partial charge on any atom is 0.273 e. The Balaban J connectivity index is 1.36. The normalized spacial score (nSPS) is 14.4. The van der Waals surface area contributed by atoms with Crippen LogP contribution in [0.3, 0.4) is 0 Å². The Morgan fingerprint density at radius 3 is 2.17 bits per heavy atom. The van der Waals surface area contributed by atoms with Gasteiger partial charge in [-0.3, -0.25) is 25.3 Å². The van der Waals surface area contributed by atoms with Crippen molar-refractivity contribution in [3.8, 4) is 5.75 Å². The lowest BCUT2D eigenvalue weighted by molar-refractivity contribution is 0.0845. The highest BCUT2D eigenvalue weighted by molar-refractivity contribution is 6.03. The molecule has 1 fully saturated rings. The summed E-state index contributed by atoms with van der Waals surface area (Å²) >= 11 is 0. The number of nitrogens with zero attached hydrogens (tertiary/aromatic N) is 1. The second kappa shape index (κ2) is 8.97. The largest absolute Gasteiger partial charge is 0.507 e. The van der Waals surface area contributed by atoms with Crippen LogP contribution < -0.4 is 10.9 Å². The van der Waals surface area contributed by atoms with E-state index < -0.39 is 11.8 Å². The molecule has 30 heavy (non-hydrogen) atoms. The van der Waals surface area contributed by atoms with Gasteiger partial charge in [0.2, 0.25) is 0 Å². The van der Waals surface area contributed by atoms with Crippen molar-refractivity contribution in [1.82, 2.24) is 15.8 Å². The van der Waals surface area contributed by atoms with Crippen LogP contribution in [0.5, 0.6) is 5.75 Å². The number of hydrogen-bond donors (Lipinski definition) is 3. The van der Waals surface area contributed by atoms with E-state index in [0.29, 0.717) is 5.56 Å². The summed E-state index contributed by atoms with van der Waals surface area (Å²) in [5.74, 6) is -1.12. The Labute approximate surface area is 175 Å². The molecule has 0 saturated carbocycles. The summed E-state index contributed by atoms with van der Waals surface area (Å²) in [7, 11) is 0. The Hall–Kier alpha value is -3.38. The number of carbonyl (C=O) groups is 2. The Kier molecular flexibility index (Phi) is 5.95. The van der Waals surface area contributed by atoms with Gasteiger partial charge in [0.05, 0.1) is 5.56 Å². The van der Waals surface area contributed by atoms with E-state index in [2.05, 4.69) is 15.8 Å². The number of likely N-dealkylation sites (tertiary alicyclic amines) is 1. The van der Waals surface area contributed by atoms with Crippen LogP contribution in [0.15, 0.2) is 60.7 Å². The number of piperidine rings is 1. The molecule has 3 aromatic rings. The van der Waals surface area contributed by atoms with Crippen molar-refractivity contribution in [2.24, 2.45) is 0 Å². The number of hydrazine groups is 1. The van der Waals surface area contributed by atoms with Gasteiger partial charge in [-0.2, -0.15) is 0 Å². The van der Waals surface area contributed by atoms with Crippen molar-refractivity contribution in [3.05, 3.63) is 77.4 Å². The quantitative estimate of drug-likeness (QED) is 0.582. The van der Waals surface area contributed by atoms with E-state index in [0.717, 1.165) is 30.4 Å². The molecule has 0 unspecified atom stereocenters. The van der Waals surface area contributed by atoms with Gasteiger partial charge in [-0.15, -0.1) is 0 Å². The van der Waals surface area contributed by atoms with E-state index >= 15 is 0 Å². The monoisotopic (exact) mass is 403 g/mol. The molecule has 3 aromatic carbocycles. The zero-order valence-electron chi connectivity index (χ0n) is 16.7. The standard InChI is InChI=1S/C24H25N3O3/c28-22-15-20-7-3-2-6-19(20)14-21(22)24(30)26-25-23(29)18-10-8-17(9-11-18)16-27-12-4-1-5-13-27/h2-3,6-11,14-15,28H,1,4-5,12-13,16H2,(H,25,29)(H,26,30). The number of aromatic hydroxyl groups is 1. The van der Waals surface area contributed by atoms with Crippen molar-refractivity contribution >= 4 is 22.6 Å². The molecule has 0 aromatic heterocycles. The third kappa shape index (κ3) is 4.60. The molecule has 4 rings (SSSR count). The minimum atomic E-state index is -0.576. The zero-order chi connectivity index (χ0) is 20.9. The van der Waals surface area contributed by atoms with Crippen LogP contribution in [0.25, 0.3) is 10.8 Å². The molecule has 0 bridgehead atoms. The number of amides is 2. The molecule has 6 nitrogen and oxygen atoms in total. The van der Waals surface area contributed by atoms with E-state index in [4.69, 9.17) is 0 Å². The molecule has 0 radical (unpaired) electrons. The zero-order valence-corrected chi connectivity index (χ0v) is 16.7. The van der Waals surface area contributed by atoms with Crippen LogP contribution in [0.1, 0.15) is 45.5 Å². The molecular formula is C24H25N3O3. The maximum absolute atomic E-state index is 12.4. The molecule has 0 atom stereocenters. The van der Waals surface area contributed by atoms with Gasteiger partial charge in [0.15, 0.2) is 0 Å². The number of phenols is 1. The lowest BCUT2D eigenvalue weighted by Gasteiger charge is -2.26. The fourth-order valence-corrected chi connectivity index (χ4v) is 3.80. The van der Waals surface area contributed by atoms with E-state index in [1.807, 2.05) is 36.4 Å². The van der Waals surface area contributed by atoms with E-state index in [-0.39, 0.29) is 11.3 Å². The van der Waals surface area contributed by atoms with E-state index in [1.54, 1.807) is 18.2 Å². The van der Waals surface area contributed by atoms with Gasteiger partial charge >= 0.3 is 0 Å². The first-order valence-electron chi connectivity index (χ1n) is 10.2. The minimum absolute atomic E-state index is 0.103. The summed E-state index contributed by atoms with van der Waals surface area (Å²) in [5, 5.41) is 11.8. The lowest BCUT2D eigenvalue weighted by atomic mass is 10.1. The molecule has 1 aliphatic rings. The van der Waals surface area contributed by atoms with Gasteiger partial charge in [-0.05, 0) is 66.5 Å². The van der Waals surface area contributed by atoms with Gasteiger partial charge in [0.25, 0.3) is 11.8 Å². The second-order valence-electron chi connectivity index (χ2n) is 7.66. The average molecular weight is 403 g/mol. The number of rotatable bonds is 4. The summed E-state index contributed by atoms with van der Waals surface area (Å²) in [6, 6.07) is 18.0. The van der Waals surface area contributed by atoms with E-state index in [9.17, 15) is 14.7 Å². The summed E-state index contributed by atoms with van der Waals surface area (Å²) in [6.45, 7) is 3.13. The highest BCUT2D eigenvalue weighted by atomic mass is 16.3. The molecule has 0 spiro atoms. The summed E-state index contributed by atoms with van der Waals surface area (Å²) in [6.07, 6.45) is 3.79.